The fourth-order valence-electron chi connectivity index (χ4n) is 2.50. The Labute approximate surface area is 135 Å². The Morgan fingerprint density at radius 3 is 2.96 bits per heavy atom. The average molecular weight is 315 g/mol. The number of hydrogen-bond acceptors (Lipinski definition) is 6. The van der Waals surface area contributed by atoms with Crippen molar-refractivity contribution in [3.8, 4) is 11.4 Å². The summed E-state index contributed by atoms with van der Waals surface area (Å²) in [6.45, 7) is 5.97. The van der Waals surface area contributed by atoms with E-state index in [2.05, 4.69) is 25.3 Å². The predicted molar refractivity (Wildman–Crippen MR) is 86.2 cm³/mol. The molecule has 0 aliphatic carbocycles. The maximum absolute atomic E-state index is 12.0. The van der Waals surface area contributed by atoms with Crippen LogP contribution in [0.3, 0.4) is 0 Å². The van der Waals surface area contributed by atoms with Gasteiger partial charge in [-0.15, -0.1) is 0 Å². The van der Waals surface area contributed by atoms with Crippen LogP contribution in [-0.2, 0) is 0 Å². The van der Waals surface area contributed by atoms with E-state index in [4.69, 9.17) is 4.52 Å². The lowest BCUT2D eigenvalue weighted by Gasteiger charge is -2.16. The molecular weight excluding hydrogens is 294 g/mol. The number of nitrogens with zero attached hydrogens (tertiary/aromatic N) is 4. The summed E-state index contributed by atoms with van der Waals surface area (Å²) < 4.78 is 5.08. The van der Waals surface area contributed by atoms with Crippen LogP contribution >= 0.6 is 0 Å². The lowest BCUT2D eigenvalue weighted by molar-refractivity contribution is 0.0895. The van der Waals surface area contributed by atoms with Crippen LogP contribution in [0.2, 0.25) is 0 Å². The van der Waals surface area contributed by atoms with Gasteiger partial charge in [0.05, 0.1) is 0 Å². The van der Waals surface area contributed by atoms with Crippen molar-refractivity contribution in [3.63, 3.8) is 0 Å². The Bertz CT molecular complexity index is 679. The van der Waals surface area contributed by atoms with Crippen molar-refractivity contribution in [2.45, 2.75) is 39.2 Å². The van der Waals surface area contributed by atoms with Gasteiger partial charge in [0, 0.05) is 30.9 Å². The molecule has 0 unspecified atom stereocenters. The summed E-state index contributed by atoms with van der Waals surface area (Å²) in [5.41, 5.74) is 0.799. The van der Waals surface area contributed by atoms with Gasteiger partial charge in [-0.05, 0) is 38.3 Å². The monoisotopic (exact) mass is 315 g/mol. The number of nitrogens with one attached hydrogen (secondary N) is 1. The second-order valence-electron chi connectivity index (χ2n) is 5.80. The molecule has 122 valence electrons. The largest absolute Gasteiger partial charge is 0.357 e. The maximum atomic E-state index is 12.0. The zero-order chi connectivity index (χ0) is 16.2. The molecule has 7 nitrogen and oxygen atoms in total. The van der Waals surface area contributed by atoms with E-state index in [0.717, 1.165) is 30.9 Å². The van der Waals surface area contributed by atoms with Crippen molar-refractivity contribution in [1.82, 2.24) is 20.4 Å². The second-order valence-corrected chi connectivity index (χ2v) is 5.80. The molecule has 7 heteroatoms. The third-order valence-electron chi connectivity index (χ3n) is 4.04. The predicted octanol–water partition coefficient (Wildman–Crippen LogP) is 2.26. The van der Waals surface area contributed by atoms with Gasteiger partial charge in [-0.25, -0.2) is 4.98 Å². The number of amides is 1. The summed E-state index contributed by atoms with van der Waals surface area (Å²) in [6.07, 6.45) is 4.95. The van der Waals surface area contributed by atoms with Gasteiger partial charge in [-0.2, -0.15) is 4.98 Å². The van der Waals surface area contributed by atoms with Gasteiger partial charge >= 0.3 is 11.8 Å². The summed E-state index contributed by atoms with van der Waals surface area (Å²) >= 11 is 0. The molecule has 1 amide bonds. The highest BCUT2D eigenvalue weighted by atomic mass is 16.5. The van der Waals surface area contributed by atoms with Crippen LogP contribution in [0.15, 0.2) is 22.9 Å². The van der Waals surface area contributed by atoms with Crippen molar-refractivity contribution < 1.29 is 9.32 Å². The molecule has 1 aliphatic rings. The van der Waals surface area contributed by atoms with E-state index in [0.29, 0.717) is 5.82 Å². The number of aromatic nitrogens is 3. The number of hydrogen-bond donors (Lipinski definition) is 1. The smallest absolute Gasteiger partial charge is 0.316 e. The molecule has 1 saturated heterocycles. The molecular formula is C16H21N5O2. The topological polar surface area (TPSA) is 84.2 Å². The van der Waals surface area contributed by atoms with E-state index in [1.54, 1.807) is 6.20 Å². The Balaban J connectivity index is 1.77. The molecule has 3 heterocycles. The molecule has 0 aromatic carbocycles. The van der Waals surface area contributed by atoms with Crippen molar-refractivity contribution >= 4 is 11.7 Å². The Hall–Kier alpha value is -2.44. The number of carbonyl (C=O) groups is 1. The van der Waals surface area contributed by atoms with Crippen LogP contribution in [0.4, 0.5) is 5.82 Å². The van der Waals surface area contributed by atoms with E-state index in [1.165, 1.54) is 12.8 Å². The Morgan fingerprint density at radius 2 is 2.22 bits per heavy atom. The number of rotatable bonds is 5. The number of carbonyl (C=O) groups excluding carboxylic acids is 1. The van der Waals surface area contributed by atoms with E-state index in [9.17, 15) is 4.79 Å². The first-order chi connectivity index (χ1) is 11.2. The molecule has 0 spiro atoms. The van der Waals surface area contributed by atoms with E-state index >= 15 is 0 Å². The normalized spacial score (nSPS) is 15.7. The molecule has 1 atom stereocenters. The lowest BCUT2D eigenvalue weighted by atomic mass is 10.2. The summed E-state index contributed by atoms with van der Waals surface area (Å²) in [6, 6.07) is 3.83. The highest BCUT2D eigenvalue weighted by Crippen LogP contribution is 2.23. The van der Waals surface area contributed by atoms with Crippen LogP contribution in [0.1, 0.15) is 43.8 Å². The van der Waals surface area contributed by atoms with Crippen molar-refractivity contribution in [3.05, 3.63) is 24.2 Å². The van der Waals surface area contributed by atoms with E-state index in [-0.39, 0.29) is 17.8 Å². The summed E-state index contributed by atoms with van der Waals surface area (Å²) in [5, 5.41) is 6.73. The van der Waals surface area contributed by atoms with Crippen LogP contribution in [0.5, 0.6) is 0 Å². The van der Waals surface area contributed by atoms with Gasteiger partial charge in [0.2, 0.25) is 5.82 Å². The number of pyridine rings is 1. The Morgan fingerprint density at radius 1 is 1.43 bits per heavy atom. The second kappa shape index (κ2) is 6.76. The quantitative estimate of drug-likeness (QED) is 0.911. The maximum Gasteiger partial charge on any atom is 0.316 e. The zero-order valence-electron chi connectivity index (χ0n) is 13.5. The minimum atomic E-state index is -0.341. The molecule has 0 bridgehead atoms. The fourth-order valence-corrected chi connectivity index (χ4v) is 2.50. The molecule has 2 aromatic rings. The average Bonchev–Trinajstić information content (AvgIpc) is 3.26. The van der Waals surface area contributed by atoms with Gasteiger partial charge < -0.3 is 14.7 Å². The first kappa shape index (κ1) is 15.5. The first-order valence-corrected chi connectivity index (χ1v) is 8.03. The van der Waals surface area contributed by atoms with Gasteiger partial charge in [-0.1, -0.05) is 12.1 Å². The lowest BCUT2D eigenvalue weighted by Crippen LogP contribution is -2.32. The standard InChI is InChI=1S/C16H21N5O2/c1-3-11(2)18-15(22)16-19-14(20-23-16)12-6-7-17-13(10-12)21-8-4-5-9-21/h6-7,10-11H,3-5,8-9H2,1-2H3,(H,18,22)/t11-/m1/s1. The fraction of sp³-hybridized carbons (Fsp3) is 0.500. The molecule has 3 rings (SSSR count). The van der Waals surface area contributed by atoms with Gasteiger partial charge in [-0.3, -0.25) is 4.79 Å². The molecule has 1 N–H and O–H groups in total. The molecule has 1 fully saturated rings. The first-order valence-electron chi connectivity index (χ1n) is 8.03. The van der Waals surface area contributed by atoms with Crippen molar-refractivity contribution in [2.24, 2.45) is 0 Å². The minimum Gasteiger partial charge on any atom is -0.357 e. The van der Waals surface area contributed by atoms with Crippen molar-refractivity contribution in [1.29, 1.82) is 0 Å². The molecule has 23 heavy (non-hydrogen) atoms. The summed E-state index contributed by atoms with van der Waals surface area (Å²) in [7, 11) is 0. The van der Waals surface area contributed by atoms with Crippen molar-refractivity contribution in [2.75, 3.05) is 18.0 Å². The highest BCUT2D eigenvalue weighted by Gasteiger charge is 2.19. The summed E-state index contributed by atoms with van der Waals surface area (Å²) in [5.74, 6) is 0.962. The van der Waals surface area contributed by atoms with Gasteiger partial charge in [0.25, 0.3) is 0 Å². The zero-order valence-corrected chi connectivity index (χ0v) is 13.5. The third kappa shape index (κ3) is 3.49. The highest BCUT2D eigenvalue weighted by molar-refractivity contribution is 5.90. The molecule has 0 saturated carbocycles. The summed E-state index contributed by atoms with van der Waals surface area (Å²) in [4.78, 5) is 22.8. The van der Waals surface area contributed by atoms with Crippen LogP contribution in [0, 0.1) is 0 Å². The third-order valence-corrected chi connectivity index (χ3v) is 4.04. The van der Waals surface area contributed by atoms with Crippen LogP contribution < -0.4 is 10.2 Å². The van der Waals surface area contributed by atoms with Gasteiger partial charge in [0.1, 0.15) is 5.82 Å². The molecule has 1 aliphatic heterocycles. The minimum absolute atomic E-state index is 0.0140. The van der Waals surface area contributed by atoms with Crippen LogP contribution in [-0.4, -0.2) is 40.2 Å². The molecule has 0 radical (unpaired) electrons. The van der Waals surface area contributed by atoms with Gasteiger partial charge in [0.15, 0.2) is 0 Å². The number of anilines is 1. The Kier molecular flexibility index (Phi) is 4.55. The molecule has 2 aromatic heterocycles. The van der Waals surface area contributed by atoms with E-state index < -0.39 is 0 Å². The van der Waals surface area contributed by atoms with E-state index in [1.807, 2.05) is 26.0 Å². The SMILES string of the molecule is CC[C@@H](C)NC(=O)c1nc(-c2ccnc(N3CCCC3)c2)no1. The van der Waals surface area contributed by atoms with Crippen LogP contribution in [0.25, 0.3) is 11.4 Å².